The molecular formula is C29H30N4O2. The van der Waals surface area contributed by atoms with Crippen LogP contribution < -0.4 is 4.90 Å². The van der Waals surface area contributed by atoms with Gasteiger partial charge in [0, 0.05) is 44.0 Å². The van der Waals surface area contributed by atoms with Gasteiger partial charge in [0.25, 0.3) is 0 Å². The number of hydrogen-bond donors (Lipinski definition) is 0. The van der Waals surface area contributed by atoms with Crippen LogP contribution in [0.4, 0.5) is 10.7 Å². The number of aromatic nitrogens is 2. The maximum atomic E-state index is 13.4. The second-order valence-corrected chi connectivity index (χ2v) is 9.93. The van der Waals surface area contributed by atoms with E-state index in [9.17, 15) is 4.79 Å². The van der Waals surface area contributed by atoms with Gasteiger partial charge in [-0.25, -0.2) is 14.8 Å². The summed E-state index contributed by atoms with van der Waals surface area (Å²) in [6, 6.07) is 17.1. The lowest BCUT2D eigenvalue weighted by atomic mass is 9.83. The quantitative estimate of drug-likeness (QED) is 0.508. The van der Waals surface area contributed by atoms with Crippen LogP contribution in [0.25, 0.3) is 16.7 Å². The molecule has 0 saturated carbocycles. The molecule has 1 saturated heterocycles. The monoisotopic (exact) mass is 466 g/mol. The first-order chi connectivity index (χ1) is 17.1. The van der Waals surface area contributed by atoms with Crippen molar-refractivity contribution in [1.82, 2.24) is 14.9 Å². The number of carbonyl (C=O) groups is 1. The van der Waals surface area contributed by atoms with Crippen molar-refractivity contribution in [3.8, 4) is 11.1 Å². The van der Waals surface area contributed by atoms with Crippen molar-refractivity contribution in [2.24, 2.45) is 0 Å². The minimum atomic E-state index is -0.198. The number of amides is 1. The molecule has 1 aromatic heterocycles. The van der Waals surface area contributed by atoms with Gasteiger partial charge in [0.05, 0.1) is 6.04 Å². The average molecular weight is 467 g/mol. The normalized spacial score (nSPS) is 20.6. The minimum Gasteiger partial charge on any atom is -0.448 e. The van der Waals surface area contributed by atoms with Gasteiger partial charge in [-0.3, -0.25) is 4.90 Å². The molecule has 0 spiro atoms. The molecule has 178 valence electrons. The third-order valence-corrected chi connectivity index (χ3v) is 7.59. The van der Waals surface area contributed by atoms with E-state index >= 15 is 0 Å². The van der Waals surface area contributed by atoms with Gasteiger partial charge in [0.1, 0.15) is 6.61 Å². The van der Waals surface area contributed by atoms with Gasteiger partial charge in [-0.05, 0) is 53.5 Å². The number of nitrogens with zero attached hydrogens (tertiary/aromatic N) is 4. The van der Waals surface area contributed by atoms with Crippen molar-refractivity contribution in [2.45, 2.75) is 43.7 Å². The maximum absolute atomic E-state index is 13.4. The van der Waals surface area contributed by atoms with Gasteiger partial charge in [-0.15, -0.1) is 0 Å². The SMILES string of the molecule is CN(C)c1ncc(C2=CC3CCCC(C2)N3C(=O)OCC2c3ccccc3-c3ccccc32)cn1. The smallest absolute Gasteiger partial charge is 0.410 e. The summed E-state index contributed by atoms with van der Waals surface area (Å²) in [5.41, 5.74) is 7.24. The average Bonchev–Trinajstić information content (AvgIpc) is 3.20. The molecule has 6 rings (SSSR count). The number of hydrogen-bond acceptors (Lipinski definition) is 5. The Hall–Kier alpha value is -3.67. The molecular weight excluding hydrogens is 436 g/mol. The summed E-state index contributed by atoms with van der Waals surface area (Å²) in [5.74, 6) is 0.778. The molecule has 3 aliphatic rings. The van der Waals surface area contributed by atoms with Crippen molar-refractivity contribution in [1.29, 1.82) is 0 Å². The van der Waals surface area contributed by atoms with Gasteiger partial charge >= 0.3 is 6.09 Å². The van der Waals surface area contributed by atoms with E-state index in [4.69, 9.17) is 4.74 Å². The van der Waals surface area contributed by atoms with E-state index in [-0.39, 0.29) is 24.1 Å². The molecule has 3 heterocycles. The Morgan fingerprint density at radius 3 is 2.29 bits per heavy atom. The van der Waals surface area contributed by atoms with E-state index in [0.29, 0.717) is 12.6 Å². The predicted molar refractivity (Wildman–Crippen MR) is 137 cm³/mol. The zero-order chi connectivity index (χ0) is 23.9. The highest BCUT2D eigenvalue weighted by Crippen LogP contribution is 2.45. The van der Waals surface area contributed by atoms with E-state index in [0.717, 1.165) is 31.2 Å². The third kappa shape index (κ3) is 3.87. The molecule has 2 aliphatic heterocycles. The summed E-state index contributed by atoms with van der Waals surface area (Å²) in [6.45, 7) is 0.360. The van der Waals surface area contributed by atoms with Crippen molar-refractivity contribution in [2.75, 3.05) is 25.6 Å². The minimum absolute atomic E-state index is 0.0571. The second-order valence-electron chi connectivity index (χ2n) is 9.93. The standard InChI is InChI=1S/C29H30N4O2/c1-32(2)28-30-16-20(17-31-28)19-14-21-8-7-9-22(15-19)33(21)29(34)35-18-27-25-12-5-3-10-23(25)24-11-4-6-13-26(24)27/h3-6,10-14,16-17,21-22,27H,7-9,15,18H2,1-2H3. The van der Waals surface area contributed by atoms with Crippen molar-refractivity contribution in [3.63, 3.8) is 0 Å². The summed E-state index contributed by atoms with van der Waals surface area (Å²) in [7, 11) is 3.87. The second kappa shape index (κ2) is 8.84. The summed E-state index contributed by atoms with van der Waals surface area (Å²) < 4.78 is 6.03. The van der Waals surface area contributed by atoms with E-state index < -0.39 is 0 Å². The Kier molecular flexibility index (Phi) is 5.51. The van der Waals surface area contributed by atoms with Crippen LogP contribution in [-0.4, -0.2) is 53.7 Å². The molecule has 1 aliphatic carbocycles. The Balaban J connectivity index is 1.20. The number of piperidine rings is 1. The molecule has 1 fully saturated rings. The van der Waals surface area contributed by atoms with E-state index in [1.165, 1.54) is 27.8 Å². The lowest BCUT2D eigenvalue weighted by Crippen LogP contribution is -2.51. The number of rotatable bonds is 4. The topological polar surface area (TPSA) is 58.6 Å². The first-order valence-corrected chi connectivity index (χ1v) is 12.4. The molecule has 3 aromatic rings. The van der Waals surface area contributed by atoms with Gasteiger partial charge in [0.15, 0.2) is 0 Å². The molecule has 2 atom stereocenters. The maximum Gasteiger partial charge on any atom is 0.410 e. The Morgan fingerprint density at radius 2 is 1.66 bits per heavy atom. The number of anilines is 1. The van der Waals surface area contributed by atoms with Crippen LogP contribution in [0.1, 0.15) is 48.3 Å². The lowest BCUT2D eigenvalue weighted by Gasteiger charge is -2.44. The van der Waals surface area contributed by atoms with Crippen molar-refractivity contribution < 1.29 is 9.53 Å². The van der Waals surface area contributed by atoms with E-state index in [1.807, 2.05) is 36.3 Å². The molecule has 2 bridgehead atoms. The van der Waals surface area contributed by atoms with Crippen LogP contribution in [0.2, 0.25) is 0 Å². The fourth-order valence-electron chi connectivity index (χ4n) is 5.91. The van der Waals surface area contributed by atoms with Crippen molar-refractivity contribution >= 4 is 17.6 Å². The molecule has 35 heavy (non-hydrogen) atoms. The zero-order valence-corrected chi connectivity index (χ0v) is 20.2. The van der Waals surface area contributed by atoms with Crippen LogP contribution in [0.15, 0.2) is 67.0 Å². The van der Waals surface area contributed by atoms with Crippen LogP contribution in [0.5, 0.6) is 0 Å². The summed E-state index contributed by atoms with van der Waals surface area (Å²) in [6.07, 6.45) is 9.71. The van der Waals surface area contributed by atoms with E-state index in [2.05, 4.69) is 64.6 Å². The Bertz CT molecular complexity index is 1240. The van der Waals surface area contributed by atoms with Crippen LogP contribution in [-0.2, 0) is 4.74 Å². The Morgan fingerprint density at radius 1 is 1.00 bits per heavy atom. The first kappa shape index (κ1) is 21.8. The van der Waals surface area contributed by atoms with Crippen LogP contribution in [0.3, 0.4) is 0 Å². The van der Waals surface area contributed by atoms with Crippen LogP contribution >= 0.6 is 0 Å². The molecule has 1 amide bonds. The predicted octanol–water partition coefficient (Wildman–Crippen LogP) is 5.50. The number of carbonyl (C=O) groups excluding carboxylic acids is 1. The van der Waals surface area contributed by atoms with Gasteiger partial charge in [-0.1, -0.05) is 54.6 Å². The summed E-state index contributed by atoms with van der Waals surface area (Å²) in [5, 5.41) is 0. The third-order valence-electron chi connectivity index (χ3n) is 7.59. The van der Waals surface area contributed by atoms with Gasteiger partial charge < -0.3 is 9.64 Å². The molecule has 0 radical (unpaired) electrons. The molecule has 6 heteroatoms. The largest absolute Gasteiger partial charge is 0.448 e. The summed E-state index contributed by atoms with van der Waals surface area (Å²) in [4.78, 5) is 26.2. The first-order valence-electron chi connectivity index (χ1n) is 12.4. The molecule has 0 N–H and O–H groups in total. The Labute approximate surface area is 206 Å². The van der Waals surface area contributed by atoms with Crippen LogP contribution in [0, 0.1) is 0 Å². The zero-order valence-electron chi connectivity index (χ0n) is 20.2. The van der Waals surface area contributed by atoms with Gasteiger partial charge in [0.2, 0.25) is 5.95 Å². The molecule has 6 nitrogen and oxygen atoms in total. The highest BCUT2D eigenvalue weighted by molar-refractivity contribution is 5.79. The molecule has 2 aromatic carbocycles. The van der Waals surface area contributed by atoms with E-state index in [1.54, 1.807) is 0 Å². The fourth-order valence-corrected chi connectivity index (χ4v) is 5.91. The number of ether oxygens (including phenoxy) is 1. The summed E-state index contributed by atoms with van der Waals surface area (Å²) >= 11 is 0. The highest BCUT2D eigenvalue weighted by Gasteiger charge is 2.39. The van der Waals surface area contributed by atoms with Crippen molar-refractivity contribution in [3.05, 3.63) is 83.7 Å². The fraction of sp³-hybridized carbons (Fsp3) is 0.345. The highest BCUT2D eigenvalue weighted by atomic mass is 16.6. The molecule has 2 unspecified atom stereocenters. The lowest BCUT2D eigenvalue weighted by molar-refractivity contribution is 0.0539. The number of fused-ring (bicyclic) bond motifs is 5. The number of benzene rings is 2. The van der Waals surface area contributed by atoms with Gasteiger partial charge in [-0.2, -0.15) is 0 Å².